The van der Waals surface area contributed by atoms with Crippen molar-refractivity contribution < 1.29 is 5.11 Å². The first-order valence-corrected chi connectivity index (χ1v) is 8.54. The number of hydrogen-bond donors (Lipinski definition) is 1. The highest BCUT2D eigenvalue weighted by atomic mass is 79.9. The van der Waals surface area contributed by atoms with Gasteiger partial charge in [-0.05, 0) is 48.3 Å². The number of fused-ring (bicyclic) bond motifs is 1. The van der Waals surface area contributed by atoms with E-state index in [4.69, 9.17) is 0 Å². The van der Waals surface area contributed by atoms with Crippen molar-refractivity contribution in [3.63, 3.8) is 0 Å². The third kappa shape index (κ3) is 4.69. The Labute approximate surface area is 148 Å². The highest BCUT2D eigenvalue weighted by molar-refractivity contribution is 9.10. The Hall–Kier alpha value is -0.610. The van der Waals surface area contributed by atoms with Crippen molar-refractivity contribution in [1.29, 1.82) is 0 Å². The molecule has 0 aliphatic rings. The molecule has 4 heteroatoms. The third-order valence-electron chi connectivity index (χ3n) is 3.77. The number of benzene rings is 2. The van der Waals surface area contributed by atoms with Crippen molar-refractivity contribution in [2.24, 2.45) is 0 Å². The zero-order valence-corrected chi connectivity index (χ0v) is 15.7. The lowest BCUT2D eigenvalue weighted by atomic mass is 10.00. The van der Waals surface area contributed by atoms with Gasteiger partial charge in [0.15, 0.2) is 0 Å². The minimum atomic E-state index is -0.443. The molecule has 0 bridgehead atoms. The Balaban J connectivity index is 0.00000242. The number of nitrogens with zero attached hydrogens (tertiary/aromatic N) is 1. The summed E-state index contributed by atoms with van der Waals surface area (Å²) in [5, 5.41) is 13.0. The van der Waals surface area contributed by atoms with Gasteiger partial charge in [-0.25, -0.2) is 0 Å². The lowest BCUT2D eigenvalue weighted by molar-refractivity contribution is 0.114. The lowest BCUT2D eigenvalue weighted by Crippen LogP contribution is -2.30. The fourth-order valence-electron chi connectivity index (χ4n) is 2.85. The van der Waals surface area contributed by atoms with Crippen LogP contribution < -0.4 is 0 Å². The minimum absolute atomic E-state index is 0. The van der Waals surface area contributed by atoms with Crippen LogP contribution >= 0.6 is 28.3 Å². The van der Waals surface area contributed by atoms with Gasteiger partial charge in [-0.15, -0.1) is 12.4 Å². The molecule has 2 aromatic rings. The van der Waals surface area contributed by atoms with Crippen molar-refractivity contribution in [3.8, 4) is 0 Å². The molecule has 2 nitrogen and oxygen atoms in total. The van der Waals surface area contributed by atoms with E-state index in [9.17, 15) is 5.11 Å². The predicted molar refractivity (Wildman–Crippen MR) is 101 cm³/mol. The SMILES string of the molecule is CCCN(CCC)CC(O)c1ccc(Br)c2ccccc12.Cl. The van der Waals surface area contributed by atoms with Crippen LogP contribution in [0, 0.1) is 0 Å². The molecular formula is C18H25BrClNO. The maximum Gasteiger partial charge on any atom is 0.0922 e. The molecule has 0 saturated carbocycles. The van der Waals surface area contributed by atoms with E-state index in [0.717, 1.165) is 46.7 Å². The monoisotopic (exact) mass is 385 g/mol. The Morgan fingerprint density at radius 3 is 2.18 bits per heavy atom. The molecule has 1 atom stereocenters. The average molecular weight is 387 g/mol. The molecule has 0 radical (unpaired) electrons. The van der Waals surface area contributed by atoms with Gasteiger partial charge in [0.2, 0.25) is 0 Å². The standard InChI is InChI=1S/C18H24BrNO.ClH/c1-3-11-20(12-4-2)13-18(21)16-9-10-17(19)15-8-6-5-7-14(15)16;/h5-10,18,21H,3-4,11-13H2,1-2H3;1H. The van der Waals surface area contributed by atoms with Crippen LogP contribution in [0.25, 0.3) is 10.8 Å². The summed E-state index contributed by atoms with van der Waals surface area (Å²) in [4.78, 5) is 2.35. The van der Waals surface area contributed by atoms with E-state index in [1.165, 1.54) is 0 Å². The molecule has 0 heterocycles. The summed E-state index contributed by atoms with van der Waals surface area (Å²) in [5.74, 6) is 0. The second-order valence-corrected chi connectivity index (χ2v) is 6.35. The Morgan fingerprint density at radius 1 is 1.00 bits per heavy atom. The normalized spacial score (nSPS) is 12.4. The van der Waals surface area contributed by atoms with Crippen LogP contribution in [0.4, 0.5) is 0 Å². The molecular weight excluding hydrogens is 362 g/mol. The molecule has 1 unspecified atom stereocenters. The molecule has 22 heavy (non-hydrogen) atoms. The summed E-state index contributed by atoms with van der Waals surface area (Å²) >= 11 is 3.59. The van der Waals surface area contributed by atoms with Gasteiger partial charge in [-0.2, -0.15) is 0 Å². The van der Waals surface area contributed by atoms with Gasteiger partial charge in [-0.3, -0.25) is 0 Å². The maximum atomic E-state index is 10.7. The van der Waals surface area contributed by atoms with Gasteiger partial charge in [-0.1, -0.05) is 60.1 Å². The second kappa shape index (κ2) is 9.51. The van der Waals surface area contributed by atoms with Gasteiger partial charge >= 0.3 is 0 Å². The Bertz CT molecular complexity index is 584. The second-order valence-electron chi connectivity index (χ2n) is 5.50. The quantitative estimate of drug-likeness (QED) is 0.708. The molecule has 0 amide bonds. The number of rotatable bonds is 7. The first-order valence-electron chi connectivity index (χ1n) is 7.75. The Kier molecular flexibility index (Phi) is 8.40. The molecule has 0 spiro atoms. The first-order chi connectivity index (χ1) is 10.2. The van der Waals surface area contributed by atoms with E-state index < -0.39 is 6.10 Å². The topological polar surface area (TPSA) is 23.5 Å². The number of aliphatic hydroxyl groups is 1. The molecule has 0 aliphatic heterocycles. The van der Waals surface area contributed by atoms with Gasteiger partial charge in [0.1, 0.15) is 0 Å². The summed E-state index contributed by atoms with van der Waals surface area (Å²) < 4.78 is 1.08. The largest absolute Gasteiger partial charge is 0.387 e. The van der Waals surface area contributed by atoms with Crippen LogP contribution in [-0.4, -0.2) is 29.6 Å². The molecule has 2 rings (SSSR count). The zero-order valence-electron chi connectivity index (χ0n) is 13.3. The van der Waals surface area contributed by atoms with Crippen molar-refractivity contribution in [1.82, 2.24) is 4.90 Å². The molecule has 0 aromatic heterocycles. The van der Waals surface area contributed by atoms with E-state index in [2.05, 4.69) is 46.8 Å². The maximum absolute atomic E-state index is 10.7. The number of hydrogen-bond acceptors (Lipinski definition) is 2. The fraction of sp³-hybridized carbons (Fsp3) is 0.444. The fourth-order valence-corrected chi connectivity index (χ4v) is 3.32. The minimum Gasteiger partial charge on any atom is -0.387 e. The van der Waals surface area contributed by atoms with E-state index in [-0.39, 0.29) is 12.4 Å². The lowest BCUT2D eigenvalue weighted by Gasteiger charge is -2.25. The highest BCUT2D eigenvalue weighted by Gasteiger charge is 2.15. The van der Waals surface area contributed by atoms with Crippen LogP contribution in [0.2, 0.25) is 0 Å². The highest BCUT2D eigenvalue weighted by Crippen LogP contribution is 2.30. The summed E-state index contributed by atoms with van der Waals surface area (Å²) in [6.07, 6.45) is 1.79. The van der Waals surface area contributed by atoms with Crippen molar-refractivity contribution in [2.75, 3.05) is 19.6 Å². The van der Waals surface area contributed by atoms with Crippen molar-refractivity contribution in [2.45, 2.75) is 32.8 Å². The van der Waals surface area contributed by atoms with E-state index in [0.29, 0.717) is 6.54 Å². The van der Waals surface area contributed by atoms with E-state index >= 15 is 0 Å². The summed E-state index contributed by atoms with van der Waals surface area (Å²) in [5.41, 5.74) is 1.02. The summed E-state index contributed by atoms with van der Waals surface area (Å²) in [6.45, 7) is 7.15. The molecule has 0 fully saturated rings. The summed E-state index contributed by atoms with van der Waals surface area (Å²) in [6, 6.07) is 12.3. The van der Waals surface area contributed by atoms with Crippen LogP contribution in [0.15, 0.2) is 40.9 Å². The van der Waals surface area contributed by atoms with Gasteiger partial charge in [0.25, 0.3) is 0 Å². The number of halogens is 2. The zero-order chi connectivity index (χ0) is 15.2. The number of aliphatic hydroxyl groups excluding tert-OH is 1. The average Bonchev–Trinajstić information content (AvgIpc) is 2.48. The van der Waals surface area contributed by atoms with Crippen LogP contribution in [0.1, 0.15) is 38.4 Å². The van der Waals surface area contributed by atoms with E-state index in [1.807, 2.05) is 24.3 Å². The van der Waals surface area contributed by atoms with Crippen molar-refractivity contribution in [3.05, 3.63) is 46.4 Å². The molecule has 1 N–H and O–H groups in total. The third-order valence-corrected chi connectivity index (χ3v) is 4.47. The van der Waals surface area contributed by atoms with Crippen LogP contribution in [0.3, 0.4) is 0 Å². The van der Waals surface area contributed by atoms with Crippen LogP contribution in [0.5, 0.6) is 0 Å². The van der Waals surface area contributed by atoms with E-state index in [1.54, 1.807) is 0 Å². The Morgan fingerprint density at radius 2 is 1.59 bits per heavy atom. The molecule has 0 saturated heterocycles. The van der Waals surface area contributed by atoms with Crippen LogP contribution in [-0.2, 0) is 0 Å². The first kappa shape index (κ1) is 19.4. The predicted octanol–water partition coefficient (Wildman–Crippen LogP) is 5.18. The summed E-state index contributed by atoms with van der Waals surface area (Å²) in [7, 11) is 0. The van der Waals surface area contributed by atoms with Gasteiger partial charge in [0, 0.05) is 11.0 Å². The van der Waals surface area contributed by atoms with Gasteiger partial charge < -0.3 is 10.0 Å². The van der Waals surface area contributed by atoms with Gasteiger partial charge in [0.05, 0.1) is 6.10 Å². The smallest absolute Gasteiger partial charge is 0.0922 e. The molecule has 2 aromatic carbocycles. The molecule has 122 valence electrons. The van der Waals surface area contributed by atoms with Crippen molar-refractivity contribution >= 4 is 39.1 Å². The molecule has 0 aliphatic carbocycles.